The van der Waals surface area contributed by atoms with E-state index < -0.39 is 57.1 Å². The van der Waals surface area contributed by atoms with Crippen LogP contribution in [0.25, 0.3) is 0 Å². The van der Waals surface area contributed by atoms with E-state index in [4.69, 9.17) is 24.0 Å². The van der Waals surface area contributed by atoms with Gasteiger partial charge in [0.25, 0.3) is 0 Å². The number of aliphatic hydroxyl groups is 3. The molecule has 1 unspecified atom stereocenters. The van der Waals surface area contributed by atoms with Crippen molar-refractivity contribution < 1.29 is 58.0 Å². The molecule has 5 N–H and O–H groups in total. The molecule has 1 rings (SSSR count). The summed E-state index contributed by atoms with van der Waals surface area (Å²) in [6.45, 7) is 3.36. The predicted molar refractivity (Wildman–Crippen MR) is 215 cm³/mol. The minimum atomic E-state index is -4.83. The molecule has 322 valence electrons. The number of rotatable bonds is 35. The number of phosphoric acid groups is 1. The van der Waals surface area contributed by atoms with Crippen LogP contribution < -0.4 is 0 Å². The van der Waals surface area contributed by atoms with Crippen LogP contribution in [0, 0.1) is 5.92 Å². The topological polar surface area (TPSA) is 189 Å². The molecule has 1 fully saturated rings. The zero-order valence-electron chi connectivity index (χ0n) is 34.1. The van der Waals surface area contributed by atoms with Crippen LogP contribution in [0.3, 0.4) is 0 Å². The van der Waals surface area contributed by atoms with E-state index in [0.717, 1.165) is 38.5 Å². The Morgan fingerprint density at radius 1 is 0.745 bits per heavy atom. The molecule has 0 aromatic rings. The van der Waals surface area contributed by atoms with Crippen molar-refractivity contribution in [1.82, 2.24) is 0 Å². The average molecular weight is 805 g/mol. The Balaban J connectivity index is 2.31. The normalized spacial score (nSPS) is 20.3. The van der Waals surface area contributed by atoms with Crippen LogP contribution in [0.1, 0.15) is 181 Å². The van der Waals surface area contributed by atoms with Gasteiger partial charge in [0.1, 0.15) is 6.61 Å². The Kier molecular flexibility index (Phi) is 31.2. The molecule has 1 heterocycles. The van der Waals surface area contributed by atoms with Gasteiger partial charge in [-0.25, -0.2) is 4.57 Å². The molecule has 0 amide bonds. The van der Waals surface area contributed by atoms with Crippen molar-refractivity contribution in [3.8, 4) is 0 Å². The van der Waals surface area contributed by atoms with Crippen LogP contribution in [-0.4, -0.2) is 81.0 Å². The van der Waals surface area contributed by atoms with Gasteiger partial charge in [-0.05, 0) is 32.1 Å². The Morgan fingerprint density at radius 2 is 1.29 bits per heavy atom. The maximum Gasteiger partial charge on any atom is 0.469 e. The van der Waals surface area contributed by atoms with Crippen LogP contribution in [-0.2, 0) is 32.9 Å². The summed E-state index contributed by atoms with van der Waals surface area (Å²) < 4.78 is 32.0. The summed E-state index contributed by atoms with van der Waals surface area (Å²) >= 11 is 0. The monoisotopic (exact) mass is 805 g/mol. The number of hydrogen-bond donors (Lipinski definition) is 5. The summed E-state index contributed by atoms with van der Waals surface area (Å²) in [6.07, 6.45) is 28.0. The van der Waals surface area contributed by atoms with E-state index in [1.54, 1.807) is 12.2 Å². The fourth-order valence-electron chi connectivity index (χ4n) is 6.71. The molecule has 1 aliphatic rings. The third-order valence-corrected chi connectivity index (χ3v) is 10.5. The molecule has 0 spiro atoms. The SMILES string of the molecule is CCCCCCCCCCCCCCCCCCC(=O)OC[C@H](COP(=O)(O)O)OC(=O)CCC/C=C\C[C@H]1[C@@H](O)CC(O)O[C@@H]1/C=C/[C@@H](O)CCCCC. The Bertz CT molecular complexity index is 1060. The van der Waals surface area contributed by atoms with Crippen LogP contribution in [0.5, 0.6) is 0 Å². The molecule has 1 saturated heterocycles. The second-order valence-electron chi connectivity index (χ2n) is 15.2. The summed E-state index contributed by atoms with van der Waals surface area (Å²) in [6, 6.07) is 0. The van der Waals surface area contributed by atoms with Crippen molar-refractivity contribution >= 4 is 19.8 Å². The van der Waals surface area contributed by atoms with Gasteiger partial charge >= 0.3 is 19.8 Å². The summed E-state index contributed by atoms with van der Waals surface area (Å²) in [5, 5.41) is 30.8. The zero-order chi connectivity index (χ0) is 40.6. The van der Waals surface area contributed by atoms with Crippen molar-refractivity contribution in [2.75, 3.05) is 13.2 Å². The second-order valence-corrected chi connectivity index (χ2v) is 16.4. The number of carbonyl (C=O) groups excluding carboxylic acids is 2. The van der Waals surface area contributed by atoms with Crippen molar-refractivity contribution in [2.24, 2.45) is 5.92 Å². The van der Waals surface area contributed by atoms with Crippen LogP contribution in [0.2, 0.25) is 0 Å². The van der Waals surface area contributed by atoms with Crippen LogP contribution >= 0.6 is 7.82 Å². The molecule has 12 nitrogen and oxygen atoms in total. The summed E-state index contributed by atoms with van der Waals surface area (Å²) in [5.41, 5.74) is 0. The number of phosphoric ester groups is 1. The van der Waals surface area contributed by atoms with Gasteiger partial charge in [-0.1, -0.05) is 154 Å². The first-order chi connectivity index (χ1) is 26.4. The maximum absolute atomic E-state index is 12.5. The minimum absolute atomic E-state index is 0.0204. The molecule has 0 aromatic heterocycles. The van der Waals surface area contributed by atoms with Gasteiger partial charge in [-0.15, -0.1) is 0 Å². The number of carbonyl (C=O) groups is 2. The molecule has 0 aliphatic carbocycles. The van der Waals surface area contributed by atoms with Crippen molar-refractivity contribution in [1.29, 1.82) is 0 Å². The minimum Gasteiger partial charge on any atom is -0.462 e. The van der Waals surface area contributed by atoms with Crippen molar-refractivity contribution in [2.45, 2.75) is 211 Å². The summed E-state index contributed by atoms with van der Waals surface area (Å²) in [5.74, 6) is -1.39. The smallest absolute Gasteiger partial charge is 0.462 e. The highest BCUT2D eigenvalue weighted by molar-refractivity contribution is 7.46. The Labute approximate surface area is 332 Å². The lowest BCUT2D eigenvalue weighted by Crippen LogP contribution is -2.43. The van der Waals surface area contributed by atoms with E-state index in [9.17, 15) is 29.5 Å². The first-order valence-corrected chi connectivity index (χ1v) is 23.1. The molecular formula is C42H77O12P. The summed E-state index contributed by atoms with van der Waals surface area (Å²) in [7, 11) is -4.83. The highest BCUT2D eigenvalue weighted by Gasteiger charge is 2.35. The van der Waals surface area contributed by atoms with E-state index in [2.05, 4.69) is 18.4 Å². The molecule has 13 heteroatoms. The highest BCUT2D eigenvalue weighted by atomic mass is 31.2. The Morgan fingerprint density at radius 3 is 1.87 bits per heavy atom. The number of allylic oxidation sites excluding steroid dienone is 2. The maximum atomic E-state index is 12.5. The summed E-state index contributed by atoms with van der Waals surface area (Å²) in [4.78, 5) is 43.1. The van der Waals surface area contributed by atoms with Crippen molar-refractivity contribution in [3.05, 3.63) is 24.3 Å². The van der Waals surface area contributed by atoms with E-state index in [1.807, 2.05) is 12.2 Å². The van der Waals surface area contributed by atoms with E-state index >= 15 is 0 Å². The average Bonchev–Trinajstić information content (AvgIpc) is 3.13. The van der Waals surface area contributed by atoms with Crippen molar-refractivity contribution in [3.63, 3.8) is 0 Å². The van der Waals surface area contributed by atoms with E-state index in [-0.39, 0.29) is 31.8 Å². The molecular weight excluding hydrogens is 727 g/mol. The first-order valence-electron chi connectivity index (χ1n) is 21.5. The lowest BCUT2D eigenvalue weighted by Gasteiger charge is -2.36. The number of aliphatic hydroxyl groups excluding tert-OH is 3. The number of esters is 2. The third-order valence-electron chi connectivity index (χ3n) is 10.0. The Hall–Kier alpha value is -1.63. The highest BCUT2D eigenvalue weighted by Crippen LogP contribution is 2.36. The number of hydrogen-bond acceptors (Lipinski definition) is 10. The largest absolute Gasteiger partial charge is 0.469 e. The predicted octanol–water partition coefficient (Wildman–Crippen LogP) is 8.90. The van der Waals surface area contributed by atoms with Gasteiger partial charge < -0.3 is 39.3 Å². The van der Waals surface area contributed by atoms with E-state index in [1.165, 1.54) is 77.0 Å². The fourth-order valence-corrected chi connectivity index (χ4v) is 7.07. The molecule has 0 saturated carbocycles. The first kappa shape index (κ1) is 51.4. The molecule has 6 atom stereocenters. The van der Waals surface area contributed by atoms with Gasteiger partial charge in [-0.3, -0.25) is 14.1 Å². The number of unbranched alkanes of at least 4 members (excludes halogenated alkanes) is 18. The van der Waals surface area contributed by atoms with Crippen LogP contribution in [0.4, 0.5) is 0 Å². The van der Waals surface area contributed by atoms with Gasteiger partial charge in [0.15, 0.2) is 12.4 Å². The fraction of sp³-hybridized carbons (Fsp3) is 0.857. The van der Waals surface area contributed by atoms with E-state index in [0.29, 0.717) is 32.1 Å². The lowest BCUT2D eigenvalue weighted by atomic mass is 9.87. The molecule has 55 heavy (non-hydrogen) atoms. The van der Waals surface area contributed by atoms with Gasteiger partial charge in [0.2, 0.25) is 0 Å². The molecule has 1 aliphatic heterocycles. The lowest BCUT2D eigenvalue weighted by molar-refractivity contribution is -0.199. The van der Waals surface area contributed by atoms with Crippen LogP contribution in [0.15, 0.2) is 24.3 Å². The number of ether oxygens (including phenoxy) is 3. The second kappa shape index (κ2) is 33.4. The molecule has 0 bridgehead atoms. The van der Waals surface area contributed by atoms with Gasteiger partial charge in [-0.2, -0.15) is 0 Å². The standard InChI is InChI=1S/C42H77O12P/c1-3-5-7-8-9-10-11-12-13-14-15-16-17-18-19-24-28-40(45)51-33-36(34-52-55(48,49)50)53-41(46)29-25-21-20-23-27-37-38(44)32-42(47)54-39(37)31-30-35(43)26-22-6-4-2/h20,23,30-31,35-39,42-44,47H,3-19,21-22,24-29,32-34H2,1-2H3,(H2,48,49,50)/b23-20-,31-30+/t35-,36+,37-,38-,39+,42?/m0/s1. The van der Waals surface area contributed by atoms with Gasteiger partial charge in [0, 0.05) is 25.2 Å². The molecule has 0 radical (unpaired) electrons. The zero-order valence-corrected chi connectivity index (χ0v) is 35.0. The third kappa shape index (κ3) is 30.2. The van der Waals surface area contributed by atoms with Gasteiger partial charge in [0.05, 0.1) is 24.9 Å². The quantitative estimate of drug-likeness (QED) is 0.0177. The molecule has 0 aromatic carbocycles.